The highest BCUT2D eigenvalue weighted by atomic mass is 16.5. The van der Waals surface area contributed by atoms with Gasteiger partial charge in [0.05, 0.1) is 7.11 Å². The molecule has 21 heavy (non-hydrogen) atoms. The molecule has 0 amide bonds. The summed E-state index contributed by atoms with van der Waals surface area (Å²) in [5.41, 5.74) is 1.25. The molecule has 0 aliphatic carbocycles. The van der Waals surface area contributed by atoms with Gasteiger partial charge in [-0.25, -0.2) is 0 Å². The zero-order valence-electron chi connectivity index (χ0n) is 14.2. The molecule has 1 aliphatic rings. The number of likely N-dealkylation sites (tertiary alicyclic amines) is 1. The molecule has 1 aromatic carbocycles. The molecule has 0 aromatic heterocycles. The molecule has 0 radical (unpaired) electrons. The molecule has 1 aromatic rings. The Morgan fingerprint density at radius 3 is 2.43 bits per heavy atom. The topological polar surface area (TPSA) is 15.7 Å². The van der Waals surface area contributed by atoms with E-state index in [0.29, 0.717) is 6.04 Å². The summed E-state index contributed by atoms with van der Waals surface area (Å²) in [4.78, 5) is 5.08. The van der Waals surface area contributed by atoms with E-state index in [1.807, 2.05) is 6.07 Å². The molecule has 0 spiro atoms. The van der Waals surface area contributed by atoms with Crippen molar-refractivity contribution in [2.24, 2.45) is 0 Å². The van der Waals surface area contributed by atoms with Crippen LogP contribution in [0.25, 0.3) is 0 Å². The molecular formula is C18H30N2O. The standard InChI is InChI=1S/C18H30N2O/c1-6-20-13-11-15(12-14-20)19(4)18(2,3)16-9-7-8-10-17(16)21-5/h7-10,15H,6,11-14H2,1-5H3. The van der Waals surface area contributed by atoms with Crippen molar-refractivity contribution < 1.29 is 4.74 Å². The first-order valence-corrected chi connectivity index (χ1v) is 8.09. The van der Waals surface area contributed by atoms with E-state index < -0.39 is 0 Å². The van der Waals surface area contributed by atoms with E-state index in [1.54, 1.807) is 7.11 Å². The normalized spacial score (nSPS) is 18.2. The maximum atomic E-state index is 5.57. The first-order valence-electron chi connectivity index (χ1n) is 8.09. The summed E-state index contributed by atoms with van der Waals surface area (Å²) in [5, 5.41) is 0. The number of hydrogen-bond donors (Lipinski definition) is 0. The summed E-state index contributed by atoms with van der Waals surface area (Å²) in [6.45, 7) is 10.5. The Morgan fingerprint density at radius 1 is 1.24 bits per heavy atom. The highest BCUT2D eigenvalue weighted by Crippen LogP contribution is 2.36. The van der Waals surface area contributed by atoms with Crippen LogP contribution in [-0.4, -0.2) is 49.6 Å². The highest BCUT2D eigenvalue weighted by molar-refractivity contribution is 5.38. The Balaban J connectivity index is 2.15. The summed E-state index contributed by atoms with van der Waals surface area (Å²) in [5.74, 6) is 0.986. The fourth-order valence-corrected chi connectivity index (χ4v) is 3.42. The van der Waals surface area contributed by atoms with Crippen LogP contribution >= 0.6 is 0 Å². The molecular weight excluding hydrogens is 260 g/mol. The average Bonchev–Trinajstić information content (AvgIpc) is 2.54. The monoisotopic (exact) mass is 290 g/mol. The van der Waals surface area contributed by atoms with E-state index in [-0.39, 0.29) is 5.54 Å². The largest absolute Gasteiger partial charge is 0.496 e. The fraction of sp³-hybridized carbons (Fsp3) is 0.667. The molecule has 1 heterocycles. The van der Waals surface area contributed by atoms with Crippen LogP contribution in [0.1, 0.15) is 39.2 Å². The van der Waals surface area contributed by atoms with E-state index in [9.17, 15) is 0 Å². The third kappa shape index (κ3) is 3.41. The number of hydrogen-bond acceptors (Lipinski definition) is 3. The van der Waals surface area contributed by atoms with Crippen molar-refractivity contribution in [2.75, 3.05) is 33.8 Å². The van der Waals surface area contributed by atoms with E-state index in [0.717, 1.165) is 5.75 Å². The van der Waals surface area contributed by atoms with Crippen LogP contribution in [0.5, 0.6) is 5.75 Å². The summed E-state index contributed by atoms with van der Waals surface area (Å²) in [7, 11) is 4.02. The first kappa shape index (κ1) is 16.3. The van der Waals surface area contributed by atoms with Crippen molar-refractivity contribution in [2.45, 2.75) is 45.2 Å². The van der Waals surface area contributed by atoms with Gasteiger partial charge in [0.15, 0.2) is 0 Å². The second-order valence-electron chi connectivity index (χ2n) is 6.54. The van der Waals surface area contributed by atoms with Crippen LogP contribution in [0.15, 0.2) is 24.3 Å². The first-order chi connectivity index (χ1) is 10.0. The van der Waals surface area contributed by atoms with Crippen LogP contribution in [0.2, 0.25) is 0 Å². The Labute approximate surface area is 129 Å². The minimum absolute atomic E-state index is 0.0222. The quantitative estimate of drug-likeness (QED) is 0.827. The molecule has 0 atom stereocenters. The van der Waals surface area contributed by atoms with Gasteiger partial charge in [0.1, 0.15) is 5.75 Å². The van der Waals surface area contributed by atoms with Gasteiger partial charge >= 0.3 is 0 Å². The summed E-state index contributed by atoms with van der Waals surface area (Å²) in [6, 6.07) is 9.04. The number of piperidine rings is 1. The highest BCUT2D eigenvalue weighted by Gasteiger charge is 2.34. The van der Waals surface area contributed by atoms with Crippen LogP contribution < -0.4 is 4.74 Å². The van der Waals surface area contributed by atoms with E-state index in [1.165, 1.54) is 38.0 Å². The zero-order chi connectivity index (χ0) is 15.5. The van der Waals surface area contributed by atoms with Gasteiger partial charge in [-0.15, -0.1) is 0 Å². The molecule has 1 aliphatic heterocycles. The van der Waals surface area contributed by atoms with Gasteiger partial charge in [0.25, 0.3) is 0 Å². The smallest absolute Gasteiger partial charge is 0.123 e. The Kier molecular flexibility index (Phi) is 5.28. The minimum atomic E-state index is -0.0222. The lowest BCUT2D eigenvalue weighted by molar-refractivity contribution is 0.0527. The number of methoxy groups -OCH3 is 1. The minimum Gasteiger partial charge on any atom is -0.496 e. The third-order valence-electron chi connectivity index (χ3n) is 5.20. The van der Waals surface area contributed by atoms with E-state index >= 15 is 0 Å². The van der Waals surface area contributed by atoms with Gasteiger partial charge in [0, 0.05) is 17.1 Å². The molecule has 118 valence electrons. The lowest BCUT2D eigenvalue weighted by atomic mass is 9.88. The van der Waals surface area contributed by atoms with E-state index in [4.69, 9.17) is 4.74 Å². The molecule has 3 nitrogen and oxygen atoms in total. The molecule has 1 saturated heterocycles. The predicted octanol–water partition coefficient (Wildman–Crippen LogP) is 3.35. The summed E-state index contributed by atoms with van der Waals surface area (Å²) in [6.07, 6.45) is 2.51. The van der Waals surface area contributed by atoms with Crippen LogP contribution in [0, 0.1) is 0 Å². The third-order valence-corrected chi connectivity index (χ3v) is 5.20. The van der Waals surface area contributed by atoms with Crippen LogP contribution in [0.4, 0.5) is 0 Å². The number of para-hydroxylation sites is 1. The second-order valence-corrected chi connectivity index (χ2v) is 6.54. The molecule has 1 fully saturated rings. The molecule has 0 unspecified atom stereocenters. The van der Waals surface area contributed by atoms with Crippen molar-refractivity contribution in [3.05, 3.63) is 29.8 Å². The van der Waals surface area contributed by atoms with Crippen LogP contribution in [-0.2, 0) is 5.54 Å². The molecule has 3 heteroatoms. The lowest BCUT2D eigenvalue weighted by Gasteiger charge is -2.45. The van der Waals surface area contributed by atoms with Crippen LogP contribution in [0.3, 0.4) is 0 Å². The van der Waals surface area contributed by atoms with Crippen molar-refractivity contribution >= 4 is 0 Å². The number of nitrogens with zero attached hydrogens (tertiary/aromatic N) is 2. The van der Waals surface area contributed by atoms with Gasteiger partial charge < -0.3 is 9.64 Å². The second kappa shape index (κ2) is 6.80. The van der Waals surface area contributed by atoms with Crippen molar-refractivity contribution in [3.8, 4) is 5.75 Å². The van der Waals surface area contributed by atoms with Gasteiger partial charge in [-0.3, -0.25) is 4.90 Å². The average molecular weight is 290 g/mol. The maximum Gasteiger partial charge on any atom is 0.123 e. The lowest BCUT2D eigenvalue weighted by Crippen LogP contribution is -2.50. The van der Waals surface area contributed by atoms with Crippen molar-refractivity contribution in [3.63, 3.8) is 0 Å². The van der Waals surface area contributed by atoms with Gasteiger partial charge in [0.2, 0.25) is 0 Å². The van der Waals surface area contributed by atoms with Gasteiger partial charge in [-0.05, 0) is 59.4 Å². The maximum absolute atomic E-state index is 5.57. The van der Waals surface area contributed by atoms with Gasteiger partial charge in [-0.1, -0.05) is 25.1 Å². The predicted molar refractivity (Wildman–Crippen MR) is 88.9 cm³/mol. The molecule has 0 bridgehead atoms. The summed E-state index contributed by atoms with van der Waals surface area (Å²) < 4.78 is 5.57. The Morgan fingerprint density at radius 2 is 1.86 bits per heavy atom. The zero-order valence-corrected chi connectivity index (χ0v) is 14.2. The van der Waals surface area contributed by atoms with Crippen molar-refractivity contribution in [1.82, 2.24) is 9.80 Å². The number of rotatable bonds is 5. The van der Waals surface area contributed by atoms with E-state index in [2.05, 4.69) is 55.8 Å². The van der Waals surface area contributed by atoms with Crippen molar-refractivity contribution in [1.29, 1.82) is 0 Å². The van der Waals surface area contributed by atoms with Gasteiger partial charge in [-0.2, -0.15) is 0 Å². The summed E-state index contributed by atoms with van der Waals surface area (Å²) >= 11 is 0. The molecule has 2 rings (SSSR count). The Hall–Kier alpha value is -1.06. The fourth-order valence-electron chi connectivity index (χ4n) is 3.42. The SMILES string of the molecule is CCN1CCC(N(C)C(C)(C)c2ccccc2OC)CC1. The molecule has 0 N–H and O–H groups in total. The number of benzene rings is 1. The molecule has 0 saturated carbocycles. The number of ether oxygens (including phenoxy) is 1. The Bertz CT molecular complexity index is 450.